The van der Waals surface area contributed by atoms with E-state index in [-0.39, 0.29) is 12.6 Å². The summed E-state index contributed by atoms with van der Waals surface area (Å²) in [5.41, 5.74) is 3.08. The molecule has 1 N–H and O–H groups in total. The average Bonchev–Trinajstić information content (AvgIpc) is 2.45. The molecule has 3 nitrogen and oxygen atoms in total. The van der Waals surface area contributed by atoms with Crippen molar-refractivity contribution in [3.63, 3.8) is 0 Å². The van der Waals surface area contributed by atoms with E-state index in [2.05, 4.69) is 20.8 Å². The van der Waals surface area contributed by atoms with E-state index in [1.165, 1.54) is 24.8 Å². The second-order valence-electron chi connectivity index (χ2n) is 6.13. The Labute approximate surface area is 133 Å². The fourth-order valence-electron chi connectivity index (χ4n) is 2.58. The maximum atomic E-state index is 11.6. The molecule has 0 aromatic rings. The number of carbonyl (C=O) groups excluding carboxylic acids is 1. The first kappa shape index (κ1) is 18.6. The van der Waals surface area contributed by atoms with E-state index >= 15 is 0 Å². The van der Waals surface area contributed by atoms with Gasteiger partial charge in [0.25, 0.3) is 0 Å². The highest BCUT2D eigenvalue weighted by Gasteiger charge is 2.25. The molecule has 0 spiro atoms. The van der Waals surface area contributed by atoms with E-state index in [4.69, 9.17) is 9.84 Å². The van der Waals surface area contributed by atoms with Crippen molar-refractivity contribution in [2.24, 2.45) is 5.92 Å². The van der Waals surface area contributed by atoms with Crippen LogP contribution in [0.2, 0.25) is 0 Å². The number of aliphatic hydroxyl groups is 1. The molecular formula is C17H30O3S. The van der Waals surface area contributed by atoms with Gasteiger partial charge in [-0.25, -0.2) is 0 Å². The summed E-state index contributed by atoms with van der Waals surface area (Å²) >= 11 is 1.92. The molecule has 4 heteroatoms. The fraction of sp³-hybridized carbons (Fsp3) is 0.824. The number of unbranched alkanes of at least 4 members (excludes halogenated alkanes) is 1. The Kier molecular flexibility index (Phi) is 9.09. The summed E-state index contributed by atoms with van der Waals surface area (Å²) in [7, 11) is 0. The molecule has 1 aliphatic carbocycles. The normalized spacial score (nSPS) is 22.2. The second-order valence-corrected chi connectivity index (χ2v) is 7.48. The molecule has 21 heavy (non-hydrogen) atoms. The van der Waals surface area contributed by atoms with Crippen molar-refractivity contribution in [1.29, 1.82) is 0 Å². The van der Waals surface area contributed by atoms with Crippen LogP contribution in [-0.2, 0) is 9.53 Å². The van der Waals surface area contributed by atoms with Gasteiger partial charge < -0.3 is 9.84 Å². The van der Waals surface area contributed by atoms with Gasteiger partial charge >= 0.3 is 5.97 Å². The minimum Gasteiger partial charge on any atom is -0.466 e. The number of carbonyl (C=O) groups is 1. The Morgan fingerprint density at radius 1 is 1.38 bits per heavy atom. The zero-order valence-corrected chi connectivity index (χ0v) is 14.5. The molecule has 0 aliphatic heterocycles. The molecule has 0 aromatic carbocycles. The maximum Gasteiger partial charge on any atom is 0.306 e. The zero-order valence-electron chi connectivity index (χ0n) is 13.7. The third-order valence-electron chi connectivity index (χ3n) is 4.14. The molecule has 1 aliphatic rings. The molecular weight excluding hydrogens is 284 g/mol. The third-order valence-corrected chi connectivity index (χ3v) is 5.64. The number of hydrogen-bond donors (Lipinski definition) is 1. The van der Waals surface area contributed by atoms with Crippen LogP contribution < -0.4 is 0 Å². The molecule has 0 radical (unpaired) electrons. The summed E-state index contributed by atoms with van der Waals surface area (Å²) in [5, 5.41) is 9.30. The summed E-state index contributed by atoms with van der Waals surface area (Å²) in [6.45, 7) is 7.34. The van der Waals surface area contributed by atoms with Crippen LogP contribution in [0.15, 0.2) is 11.1 Å². The molecule has 1 saturated carbocycles. The lowest BCUT2D eigenvalue weighted by Gasteiger charge is -2.31. The van der Waals surface area contributed by atoms with Gasteiger partial charge in [-0.15, -0.1) is 0 Å². The quantitative estimate of drug-likeness (QED) is 0.418. The van der Waals surface area contributed by atoms with Gasteiger partial charge in [-0.1, -0.05) is 18.1 Å². The summed E-state index contributed by atoms with van der Waals surface area (Å²) < 4.78 is 5.15. The summed E-state index contributed by atoms with van der Waals surface area (Å²) in [6, 6.07) is 0. The van der Waals surface area contributed by atoms with E-state index < -0.39 is 0 Å². The first-order valence-corrected chi connectivity index (χ1v) is 9.12. The number of aliphatic hydroxyl groups excluding tert-OH is 1. The second kappa shape index (κ2) is 10.3. The van der Waals surface area contributed by atoms with Crippen LogP contribution >= 0.6 is 11.8 Å². The minimum absolute atomic E-state index is 0.105. The van der Waals surface area contributed by atoms with Crippen molar-refractivity contribution in [3.05, 3.63) is 11.1 Å². The van der Waals surface area contributed by atoms with Crippen LogP contribution in [0, 0.1) is 5.92 Å². The van der Waals surface area contributed by atoms with Crippen LogP contribution in [0.5, 0.6) is 0 Å². The van der Waals surface area contributed by atoms with Gasteiger partial charge in [0, 0.05) is 17.6 Å². The lowest BCUT2D eigenvalue weighted by molar-refractivity contribution is -0.143. The molecule has 1 rings (SSSR count). The highest BCUT2D eigenvalue weighted by molar-refractivity contribution is 7.99. The fourth-order valence-corrected chi connectivity index (χ4v) is 3.95. The van der Waals surface area contributed by atoms with Crippen molar-refractivity contribution in [2.75, 3.05) is 19.0 Å². The van der Waals surface area contributed by atoms with Crippen LogP contribution in [0.25, 0.3) is 0 Å². The van der Waals surface area contributed by atoms with Crippen molar-refractivity contribution < 1.29 is 14.6 Å². The van der Waals surface area contributed by atoms with Crippen molar-refractivity contribution >= 4 is 17.7 Å². The first-order valence-electron chi connectivity index (χ1n) is 8.08. The van der Waals surface area contributed by atoms with Crippen LogP contribution in [0.1, 0.15) is 59.3 Å². The maximum absolute atomic E-state index is 11.6. The first-order chi connectivity index (χ1) is 10.0. The predicted molar refractivity (Wildman–Crippen MR) is 89.5 cm³/mol. The lowest BCUT2D eigenvalue weighted by atomic mass is 9.85. The Balaban J connectivity index is 2.21. The third kappa shape index (κ3) is 7.37. The molecule has 0 aromatic heterocycles. The van der Waals surface area contributed by atoms with Crippen molar-refractivity contribution in [3.8, 4) is 0 Å². The molecule has 1 fully saturated rings. The van der Waals surface area contributed by atoms with Crippen molar-refractivity contribution in [1.82, 2.24) is 0 Å². The van der Waals surface area contributed by atoms with E-state index in [9.17, 15) is 4.79 Å². The summed E-state index contributed by atoms with van der Waals surface area (Å²) in [4.78, 5) is 11.6. The lowest BCUT2D eigenvalue weighted by Crippen LogP contribution is -2.22. The van der Waals surface area contributed by atoms with Gasteiger partial charge in [-0.3, -0.25) is 4.79 Å². The topological polar surface area (TPSA) is 46.5 Å². The van der Waals surface area contributed by atoms with Gasteiger partial charge in [0.2, 0.25) is 0 Å². The molecule has 0 amide bonds. The van der Waals surface area contributed by atoms with Gasteiger partial charge in [0.15, 0.2) is 0 Å². The van der Waals surface area contributed by atoms with Crippen LogP contribution in [-0.4, -0.2) is 35.3 Å². The van der Waals surface area contributed by atoms with Crippen LogP contribution in [0.4, 0.5) is 0 Å². The largest absolute Gasteiger partial charge is 0.466 e. The number of allylic oxidation sites excluding steroid dienone is 2. The molecule has 0 saturated heterocycles. The number of hydrogen-bond acceptors (Lipinski definition) is 4. The number of rotatable bonds is 8. The van der Waals surface area contributed by atoms with E-state index in [0.717, 1.165) is 18.1 Å². The molecule has 122 valence electrons. The monoisotopic (exact) mass is 314 g/mol. The minimum atomic E-state index is -0.105. The summed E-state index contributed by atoms with van der Waals surface area (Å²) in [5.74, 6) is 1.48. The van der Waals surface area contributed by atoms with Crippen LogP contribution in [0.3, 0.4) is 0 Å². The van der Waals surface area contributed by atoms with E-state index in [1.807, 2.05) is 11.8 Å². The molecule has 2 atom stereocenters. The number of esters is 1. The van der Waals surface area contributed by atoms with Gasteiger partial charge in [-0.2, -0.15) is 11.8 Å². The van der Waals surface area contributed by atoms with E-state index in [0.29, 0.717) is 24.7 Å². The molecule has 2 unspecified atom stereocenters. The Hall–Kier alpha value is -0.480. The standard InChI is InChI=1S/C17H30O3S/c1-13(2)15-7-6-14(3)16(12-15)21-11-8-17(19)20-10-5-4-9-18/h14,16,18H,4-12H2,1-3H3. The Morgan fingerprint density at radius 3 is 2.81 bits per heavy atom. The number of ether oxygens (including phenoxy) is 1. The SMILES string of the molecule is CC(C)=C1CCC(C)C(SCCC(=O)OCCCCO)C1. The van der Waals surface area contributed by atoms with Gasteiger partial charge in [0.05, 0.1) is 13.0 Å². The van der Waals surface area contributed by atoms with E-state index in [1.54, 1.807) is 5.57 Å². The molecule has 0 bridgehead atoms. The van der Waals surface area contributed by atoms with Gasteiger partial charge in [-0.05, 0) is 51.9 Å². The summed E-state index contributed by atoms with van der Waals surface area (Å²) in [6.07, 6.45) is 5.64. The predicted octanol–water partition coefficient (Wildman–Crippen LogP) is 3.95. The zero-order chi connectivity index (χ0) is 15.7. The average molecular weight is 314 g/mol. The van der Waals surface area contributed by atoms with Crippen molar-refractivity contribution in [2.45, 2.75) is 64.5 Å². The Bertz CT molecular complexity index is 348. The Morgan fingerprint density at radius 2 is 2.14 bits per heavy atom. The molecule has 0 heterocycles. The van der Waals surface area contributed by atoms with Gasteiger partial charge in [0.1, 0.15) is 0 Å². The smallest absolute Gasteiger partial charge is 0.306 e. The highest BCUT2D eigenvalue weighted by Crippen LogP contribution is 2.37. The number of thioether (sulfide) groups is 1. The highest BCUT2D eigenvalue weighted by atomic mass is 32.2.